The lowest BCUT2D eigenvalue weighted by Crippen LogP contribution is -2.61. The first-order valence-electron chi connectivity index (χ1n) is 9.27. The maximum Gasteiger partial charge on any atom is 0.334 e. The predicted octanol–water partition coefficient (Wildman–Crippen LogP) is 3.43. The molecule has 0 saturated carbocycles. The number of allylic oxidation sites excluding steroid dienone is 1. The van der Waals surface area contributed by atoms with Crippen molar-refractivity contribution in [3.05, 3.63) is 69.9 Å². The van der Waals surface area contributed by atoms with Crippen LogP contribution in [0.5, 0.6) is 0 Å². The van der Waals surface area contributed by atoms with Crippen LogP contribution in [0.1, 0.15) is 24.3 Å². The fraction of sp³-hybridized carbons (Fsp3) is 0.273. The Hall–Kier alpha value is -3.06. The quantitative estimate of drug-likeness (QED) is 0.518. The number of urea groups is 1. The van der Waals surface area contributed by atoms with Crippen molar-refractivity contribution >= 4 is 35.0 Å². The van der Waals surface area contributed by atoms with Crippen LogP contribution in [0.15, 0.2) is 59.5 Å². The van der Waals surface area contributed by atoms with Gasteiger partial charge in [0.15, 0.2) is 11.7 Å². The Morgan fingerprint density at radius 2 is 1.69 bits per heavy atom. The van der Waals surface area contributed by atoms with E-state index >= 15 is 0 Å². The molecule has 2 aromatic rings. The normalized spacial score (nSPS) is 16.9. The fourth-order valence-corrected chi connectivity index (χ4v) is 3.78. The number of carbonyl (C=O) groups excluding carboxylic acids is 4. The average Bonchev–Trinajstić information content (AvgIpc) is 3.18. The second kappa shape index (κ2) is 8.96. The van der Waals surface area contributed by atoms with E-state index in [0.717, 1.165) is 25.8 Å². The van der Waals surface area contributed by atoms with E-state index < -0.39 is 29.5 Å². The number of nitrogens with zero attached hydrogens (tertiary/aromatic N) is 2. The number of benzene rings is 1. The first-order valence-corrected chi connectivity index (χ1v) is 10.2. The van der Waals surface area contributed by atoms with Gasteiger partial charge in [-0.3, -0.25) is 24.2 Å². The predicted molar refractivity (Wildman–Crippen MR) is 110 cm³/mol. The van der Waals surface area contributed by atoms with Crippen LogP contribution in [0.25, 0.3) is 0 Å². The zero-order valence-electron chi connectivity index (χ0n) is 16.3. The number of Topliss-reactive ketones (excluding diaryl/α,β-unsaturated/α-hetero) is 1. The average molecular weight is 410 g/mol. The van der Waals surface area contributed by atoms with Crippen molar-refractivity contribution in [1.29, 1.82) is 0 Å². The first-order chi connectivity index (χ1) is 13.9. The van der Waals surface area contributed by atoms with Crippen LogP contribution in [0, 0.1) is 5.92 Å². The second-order valence-electron chi connectivity index (χ2n) is 7.08. The molecule has 1 unspecified atom stereocenters. The molecular weight excluding hydrogens is 388 g/mol. The molecule has 7 heteroatoms. The highest BCUT2D eigenvalue weighted by molar-refractivity contribution is 7.10. The summed E-state index contributed by atoms with van der Waals surface area (Å²) in [4.78, 5) is 54.5. The summed E-state index contributed by atoms with van der Waals surface area (Å²) in [6.07, 6.45) is 1.72. The van der Waals surface area contributed by atoms with Crippen molar-refractivity contribution in [3.63, 3.8) is 0 Å². The van der Waals surface area contributed by atoms with Crippen LogP contribution >= 0.6 is 11.3 Å². The monoisotopic (exact) mass is 410 g/mol. The molecule has 2 heterocycles. The standard InChI is InChI=1S/C22H22N2O4S/c1-15(2)10-11-23-20(26)19(18(25)13-17-9-6-12-29-17)21(27)24(22(23)28)14-16-7-4-3-5-8-16/h3-10,12,19H,11,13-14H2,1-2H3. The molecule has 1 saturated heterocycles. The van der Waals surface area contributed by atoms with Crippen molar-refractivity contribution in [1.82, 2.24) is 9.80 Å². The maximum absolute atomic E-state index is 13.0. The summed E-state index contributed by atoms with van der Waals surface area (Å²) in [7, 11) is 0. The summed E-state index contributed by atoms with van der Waals surface area (Å²) in [6, 6.07) is 11.9. The largest absolute Gasteiger partial charge is 0.334 e. The van der Waals surface area contributed by atoms with Gasteiger partial charge in [0.2, 0.25) is 0 Å². The summed E-state index contributed by atoms with van der Waals surface area (Å²) < 4.78 is 0. The number of hydrogen-bond acceptors (Lipinski definition) is 5. The molecular formula is C22H22N2O4S. The van der Waals surface area contributed by atoms with Crippen molar-refractivity contribution < 1.29 is 19.2 Å². The molecule has 29 heavy (non-hydrogen) atoms. The highest BCUT2D eigenvalue weighted by atomic mass is 32.1. The van der Waals surface area contributed by atoms with Gasteiger partial charge in [-0.1, -0.05) is 48.0 Å². The SMILES string of the molecule is CC(C)=CCN1C(=O)C(C(=O)Cc2cccs2)C(=O)N(Cc2ccccc2)C1=O. The molecule has 1 aliphatic heterocycles. The van der Waals surface area contributed by atoms with Gasteiger partial charge in [-0.05, 0) is 30.9 Å². The van der Waals surface area contributed by atoms with E-state index in [9.17, 15) is 19.2 Å². The van der Waals surface area contributed by atoms with Crippen LogP contribution < -0.4 is 0 Å². The van der Waals surface area contributed by atoms with Gasteiger partial charge in [0.1, 0.15) is 0 Å². The Kier molecular flexibility index (Phi) is 6.39. The molecule has 1 aromatic carbocycles. The minimum Gasteiger partial charge on any atom is -0.298 e. The van der Waals surface area contributed by atoms with E-state index in [2.05, 4.69) is 0 Å². The molecule has 4 amide bonds. The summed E-state index contributed by atoms with van der Waals surface area (Å²) in [5.74, 6) is -3.48. The van der Waals surface area contributed by atoms with Gasteiger partial charge in [0.05, 0.1) is 6.54 Å². The van der Waals surface area contributed by atoms with Crippen molar-refractivity contribution in [2.24, 2.45) is 5.92 Å². The zero-order chi connectivity index (χ0) is 21.0. The third kappa shape index (κ3) is 4.68. The maximum atomic E-state index is 13.0. The molecule has 1 aliphatic rings. The lowest BCUT2D eigenvalue weighted by atomic mass is 9.95. The molecule has 1 aromatic heterocycles. The minimum absolute atomic E-state index is 0.0103. The van der Waals surface area contributed by atoms with Crippen LogP contribution in [0.4, 0.5) is 4.79 Å². The number of amides is 4. The number of carbonyl (C=O) groups is 4. The minimum atomic E-state index is -1.50. The topological polar surface area (TPSA) is 74.8 Å². The van der Waals surface area contributed by atoms with Gasteiger partial charge >= 0.3 is 6.03 Å². The lowest BCUT2D eigenvalue weighted by molar-refractivity contribution is -0.153. The summed E-state index contributed by atoms with van der Waals surface area (Å²) in [5.41, 5.74) is 1.67. The van der Waals surface area contributed by atoms with Crippen LogP contribution in [-0.2, 0) is 27.3 Å². The van der Waals surface area contributed by atoms with Gasteiger partial charge in [-0.2, -0.15) is 0 Å². The molecule has 0 bridgehead atoms. The van der Waals surface area contributed by atoms with Gasteiger partial charge < -0.3 is 0 Å². The molecule has 6 nitrogen and oxygen atoms in total. The first kappa shape index (κ1) is 20.7. The molecule has 0 N–H and O–H groups in total. The van der Waals surface area contributed by atoms with Crippen molar-refractivity contribution in [2.75, 3.05) is 6.54 Å². The number of imide groups is 2. The van der Waals surface area contributed by atoms with Crippen LogP contribution in [0.2, 0.25) is 0 Å². The molecule has 3 rings (SSSR count). The molecule has 1 atom stereocenters. The Morgan fingerprint density at radius 1 is 1.00 bits per heavy atom. The zero-order valence-corrected chi connectivity index (χ0v) is 17.1. The van der Waals surface area contributed by atoms with Crippen molar-refractivity contribution in [3.8, 4) is 0 Å². The molecule has 1 fully saturated rings. The third-order valence-electron chi connectivity index (χ3n) is 4.60. The van der Waals surface area contributed by atoms with E-state index in [1.807, 2.05) is 31.4 Å². The highest BCUT2D eigenvalue weighted by Gasteiger charge is 2.48. The van der Waals surface area contributed by atoms with Crippen LogP contribution in [0.3, 0.4) is 0 Å². The number of rotatable bonds is 7. The van der Waals surface area contributed by atoms with Gasteiger partial charge in [0, 0.05) is 17.8 Å². The van der Waals surface area contributed by atoms with Crippen molar-refractivity contribution in [2.45, 2.75) is 26.8 Å². The Balaban J connectivity index is 1.91. The molecule has 0 radical (unpaired) electrons. The van der Waals surface area contributed by atoms with E-state index in [0.29, 0.717) is 0 Å². The van der Waals surface area contributed by atoms with Crippen LogP contribution in [-0.4, -0.2) is 40.0 Å². The Bertz CT molecular complexity index is 946. The van der Waals surface area contributed by atoms with Gasteiger partial charge in [-0.15, -0.1) is 11.3 Å². The van der Waals surface area contributed by atoms with E-state index in [4.69, 9.17) is 0 Å². The van der Waals surface area contributed by atoms with E-state index in [-0.39, 0.29) is 19.5 Å². The van der Waals surface area contributed by atoms with Gasteiger partial charge in [-0.25, -0.2) is 4.79 Å². The molecule has 150 valence electrons. The van der Waals surface area contributed by atoms with E-state index in [1.54, 1.807) is 36.4 Å². The Morgan fingerprint density at radius 3 is 2.31 bits per heavy atom. The lowest BCUT2D eigenvalue weighted by Gasteiger charge is -2.36. The number of hydrogen-bond donors (Lipinski definition) is 0. The number of ketones is 1. The molecule has 0 spiro atoms. The summed E-state index contributed by atoms with van der Waals surface area (Å²) in [5, 5.41) is 1.83. The summed E-state index contributed by atoms with van der Waals surface area (Å²) >= 11 is 1.39. The second-order valence-corrected chi connectivity index (χ2v) is 8.11. The number of thiophene rings is 1. The molecule has 0 aliphatic carbocycles. The fourth-order valence-electron chi connectivity index (χ4n) is 3.07. The third-order valence-corrected chi connectivity index (χ3v) is 5.48. The Labute approximate surface area is 173 Å². The van der Waals surface area contributed by atoms with E-state index in [1.165, 1.54) is 11.3 Å². The summed E-state index contributed by atoms with van der Waals surface area (Å²) in [6.45, 7) is 3.75. The number of barbiturate groups is 1. The van der Waals surface area contributed by atoms with Gasteiger partial charge in [0.25, 0.3) is 11.8 Å². The smallest absolute Gasteiger partial charge is 0.298 e. The highest BCUT2D eigenvalue weighted by Crippen LogP contribution is 2.23.